The fourth-order valence-corrected chi connectivity index (χ4v) is 8.44. The van der Waals surface area contributed by atoms with Crippen molar-refractivity contribution in [1.82, 2.24) is 9.97 Å². The van der Waals surface area contributed by atoms with Crippen LogP contribution in [0.4, 0.5) is 0 Å². The summed E-state index contributed by atoms with van der Waals surface area (Å²) < 4.78 is 0. The molecule has 0 atom stereocenters. The van der Waals surface area contributed by atoms with Gasteiger partial charge in [-0.25, -0.2) is 9.97 Å². The van der Waals surface area contributed by atoms with Gasteiger partial charge in [-0.15, -0.1) is 0 Å². The van der Waals surface area contributed by atoms with Crippen molar-refractivity contribution in [2.24, 2.45) is 0 Å². The molecule has 1 heterocycles. The van der Waals surface area contributed by atoms with E-state index in [1.165, 1.54) is 61.2 Å². The molecule has 0 saturated heterocycles. The van der Waals surface area contributed by atoms with Crippen LogP contribution < -0.4 is 0 Å². The van der Waals surface area contributed by atoms with Crippen LogP contribution in [-0.2, 0) is 5.41 Å². The van der Waals surface area contributed by atoms with E-state index in [0.29, 0.717) is 0 Å². The molecule has 0 N–H and O–H groups in total. The molecular formula is C55H40N2. The van der Waals surface area contributed by atoms with Gasteiger partial charge in [0.25, 0.3) is 0 Å². The first-order valence-electron chi connectivity index (χ1n) is 19.6. The number of hydrogen-bond acceptors (Lipinski definition) is 2. The van der Waals surface area contributed by atoms with E-state index < -0.39 is 0 Å². The lowest BCUT2D eigenvalue weighted by molar-refractivity contribution is 0.660. The van der Waals surface area contributed by atoms with Gasteiger partial charge >= 0.3 is 0 Å². The molecule has 57 heavy (non-hydrogen) atoms. The Bertz CT molecular complexity index is 2800. The molecule has 8 aromatic carbocycles. The number of aromatic nitrogens is 2. The topological polar surface area (TPSA) is 25.8 Å². The Balaban J connectivity index is 1.01. The highest BCUT2D eigenvalue weighted by atomic mass is 14.9. The molecule has 0 saturated carbocycles. The van der Waals surface area contributed by atoms with Crippen molar-refractivity contribution in [2.75, 3.05) is 0 Å². The number of benzene rings is 8. The van der Waals surface area contributed by atoms with Gasteiger partial charge in [0.15, 0.2) is 5.82 Å². The summed E-state index contributed by atoms with van der Waals surface area (Å²) in [7, 11) is 0. The lowest BCUT2D eigenvalue weighted by Crippen LogP contribution is -2.15. The van der Waals surface area contributed by atoms with Crippen LogP contribution in [0.25, 0.3) is 89.5 Å². The molecule has 0 aliphatic heterocycles. The highest BCUT2D eigenvalue weighted by Gasteiger charge is 2.36. The van der Waals surface area contributed by atoms with Gasteiger partial charge in [0.05, 0.1) is 11.4 Å². The molecule has 0 fully saturated rings. The predicted molar refractivity (Wildman–Crippen MR) is 238 cm³/mol. The third-order valence-corrected chi connectivity index (χ3v) is 11.6. The third-order valence-electron chi connectivity index (χ3n) is 11.6. The van der Waals surface area contributed by atoms with E-state index in [2.05, 4.69) is 184 Å². The van der Waals surface area contributed by atoms with E-state index in [1.807, 2.05) is 36.4 Å². The Hall–Kier alpha value is -7.16. The number of fused-ring (bicyclic) bond motifs is 3. The first kappa shape index (κ1) is 34.3. The maximum atomic E-state index is 5.04. The maximum Gasteiger partial charge on any atom is 0.160 e. The standard InChI is InChI=1S/C55H40N2/c1-55(2)50-21-13-12-20-46(50)49-34-47(41-28-22-38(23-29-41)37-14-6-3-7-15-37)48(35-51(49)55)42-30-24-39(25-31-42)40-26-32-44(33-27-40)53-36-52(43-16-8-4-9-17-43)56-54(57-53)45-18-10-5-11-19-45/h3-36H,1-2H3. The minimum atomic E-state index is -0.0918. The molecule has 9 aromatic rings. The van der Waals surface area contributed by atoms with Gasteiger partial charge in [-0.1, -0.05) is 202 Å². The van der Waals surface area contributed by atoms with Gasteiger partial charge in [0.1, 0.15) is 0 Å². The van der Waals surface area contributed by atoms with Crippen LogP contribution in [0.1, 0.15) is 25.0 Å². The van der Waals surface area contributed by atoms with E-state index in [0.717, 1.165) is 39.5 Å². The summed E-state index contributed by atoms with van der Waals surface area (Å²) in [6, 6.07) is 73.9. The predicted octanol–water partition coefficient (Wildman–Crippen LogP) is 14.5. The third kappa shape index (κ3) is 6.36. The van der Waals surface area contributed by atoms with Gasteiger partial charge in [0, 0.05) is 22.1 Å². The molecule has 0 bridgehead atoms. The normalized spacial score (nSPS) is 12.5. The van der Waals surface area contributed by atoms with Crippen molar-refractivity contribution in [2.45, 2.75) is 19.3 Å². The molecule has 1 aromatic heterocycles. The first-order chi connectivity index (χ1) is 28.0. The first-order valence-corrected chi connectivity index (χ1v) is 19.6. The summed E-state index contributed by atoms with van der Waals surface area (Å²) in [5, 5.41) is 0. The van der Waals surface area contributed by atoms with Crippen molar-refractivity contribution < 1.29 is 0 Å². The Kier molecular flexibility index (Phi) is 8.53. The van der Waals surface area contributed by atoms with Gasteiger partial charge in [-0.2, -0.15) is 0 Å². The molecule has 0 unspecified atom stereocenters. The summed E-state index contributed by atoms with van der Waals surface area (Å²) in [6.45, 7) is 4.71. The molecule has 0 radical (unpaired) electrons. The highest BCUT2D eigenvalue weighted by Crippen LogP contribution is 2.52. The summed E-state index contributed by atoms with van der Waals surface area (Å²) in [5.74, 6) is 0.719. The zero-order valence-electron chi connectivity index (χ0n) is 32.0. The van der Waals surface area contributed by atoms with Crippen molar-refractivity contribution >= 4 is 0 Å². The summed E-state index contributed by atoms with van der Waals surface area (Å²) in [5.41, 5.74) is 19.9. The molecule has 10 rings (SSSR count). The van der Waals surface area contributed by atoms with Crippen LogP contribution in [0.2, 0.25) is 0 Å². The summed E-state index contributed by atoms with van der Waals surface area (Å²) in [6.07, 6.45) is 0. The maximum absolute atomic E-state index is 5.04. The van der Waals surface area contributed by atoms with Gasteiger partial charge in [0.2, 0.25) is 0 Å². The Labute approximate surface area is 334 Å². The molecule has 0 amide bonds. The zero-order chi connectivity index (χ0) is 38.3. The van der Waals surface area contributed by atoms with E-state index in [-0.39, 0.29) is 5.41 Å². The number of hydrogen-bond donors (Lipinski definition) is 0. The van der Waals surface area contributed by atoms with E-state index >= 15 is 0 Å². The molecule has 2 heteroatoms. The summed E-state index contributed by atoms with van der Waals surface area (Å²) in [4.78, 5) is 10.0. The monoisotopic (exact) mass is 728 g/mol. The molecule has 0 spiro atoms. The van der Waals surface area contributed by atoms with Crippen molar-refractivity contribution in [3.63, 3.8) is 0 Å². The van der Waals surface area contributed by atoms with Crippen LogP contribution in [0, 0.1) is 0 Å². The molecule has 1 aliphatic rings. The molecule has 270 valence electrons. The van der Waals surface area contributed by atoms with Crippen LogP contribution in [0.3, 0.4) is 0 Å². The molecular weight excluding hydrogens is 689 g/mol. The molecule has 2 nitrogen and oxygen atoms in total. The Morgan fingerprint density at radius 3 is 1.21 bits per heavy atom. The second-order valence-corrected chi connectivity index (χ2v) is 15.4. The van der Waals surface area contributed by atoms with E-state index in [4.69, 9.17) is 9.97 Å². The fourth-order valence-electron chi connectivity index (χ4n) is 8.44. The van der Waals surface area contributed by atoms with Crippen LogP contribution in [0.5, 0.6) is 0 Å². The Morgan fingerprint density at radius 1 is 0.281 bits per heavy atom. The van der Waals surface area contributed by atoms with Crippen LogP contribution in [0.15, 0.2) is 206 Å². The van der Waals surface area contributed by atoms with Gasteiger partial charge in [-0.3, -0.25) is 0 Å². The fraction of sp³-hybridized carbons (Fsp3) is 0.0545. The van der Waals surface area contributed by atoms with Crippen molar-refractivity contribution in [3.05, 3.63) is 217 Å². The average Bonchev–Trinajstić information content (AvgIpc) is 3.51. The quantitative estimate of drug-likeness (QED) is 0.163. The van der Waals surface area contributed by atoms with Crippen LogP contribution in [-0.4, -0.2) is 9.97 Å². The van der Waals surface area contributed by atoms with Gasteiger partial charge < -0.3 is 0 Å². The minimum absolute atomic E-state index is 0.0918. The van der Waals surface area contributed by atoms with E-state index in [1.54, 1.807) is 0 Å². The molecule has 1 aliphatic carbocycles. The lowest BCUT2D eigenvalue weighted by Gasteiger charge is -2.23. The zero-order valence-corrected chi connectivity index (χ0v) is 32.0. The number of rotatable bonds is 7. The SMILES string of the molecule is CC1(C)c2ccccc2-c2cc(-c3ccc(-c4ccccc4)cc3)c(-c3ccc(-c4ccc(-c5cc(-c6ccccc6)nc(-c6ccccc6)n5)cc4)cc3)cc21. The second kappa shape index (κ2) is 14.2. The van der Waals surface area contributed by atoms with Crippen molar-refractivity contribution in [3.8, 4) is 89.5 Å². The average molecular weight is 729 g/mol. The smallest absolute Gasteiger partial charge is 0.160 e. The summed E-state index contributed by atoms with van der Waals surface area (Å²) >= 11 is 0. The largest absolute Gasteiger partial charge is 0.228 e. The lowest BCUT2D eigenvalue weighted by atomic mass is 9.80. The second-order valence-electron chi connectivity index (χ2n) is 15.4. The number of nitrogens with zero attached hydrogens (tertiary/aromatic N) is 2. The van der Waals surface area contributed by atoms with Gasteiger partial charge in [-0.05, 0) is 85.0 Å². The van der Waals surface area contributed by atoms with Crippen LogP contribution >= 0.6 is 0 Å². The highest BCUT2D eigenvalue weighted by molar-refractivity contribution is 5.93. The minimum Gasteiger partial charge on any atom is -0.228 e. The Morgan fingerprint density at radius 2 is 0.667 bits per heavy atom. The van der Waals surface area contributed by atoms with E-state index in [9.17, 15) is 0 Å². The van der Waals surface area contributed by atoms with Crippen molar-refractivity contribution in [1.29, 1.82) is 0 Å².